The molecule has 1 aromatic rings. The third-order valence-corrected chi connectivity index (χ3v) is 6.57. The summed E-state index contributed by atoms with van der Waals surface area (Å²) < 4.78 is 10.7. The quantitative estimate of drug-likeness (QED) is 0.744. The van der Waals surface area contributed by atoms with E-state index >= 15 is 0 Å². The van der Waals surface area contributed by atoms with Crippen LogP contribution in [0.15, 0.2) is 24.3 Å². The molecule has 4 fully saturated rings. The molecule has 4 saturated carbocycles. The van der Waals surface area contributed by atoms with Crippen LogP contribution in [0.25, 0.3) is 0 Å². The maximum absolute atomic E-state index is 12.3. The highest BCUT2D eigenvalue weighted by Crippen LogP contribution is 2.59. The van der Waals surface area contributed by atoms with E-state index < -0.39 is 5.97 Å². The van der Waals surface area contributed by atoms with E-state index in [4.69, 9.17) is 9.47 Å². The molecule has 0 heterocycles. The van der Waals surface area contributed by atoms with Crippen molar-refractivity contribution in [1.29, 1.82) is 0 Å². The Morgan fingerprint density at radius 1 is 1.07 bits per heavy atom. The van der Waals surface area contributed by atoms with Gasteiger partial charge in [-0.15, -0.1) is 0 Å². The van der Waals surface area contributed by atoms with Gasteiger partial charge in [0.1, 0.15) is 11.3 Å². The van der Waals surface area contributed by atoms with Crippen LogP contribution in [0.4, 0.5) is 0 Å². The first-order chi connectivity index (χ1) is 13.1. The largest absolute Gasteiger partial charge is 0.493 e. The first-order valence-electron chi connectivity index (χ1n) is 10.2. The van der Waals surface area contributed by atoms with Gasteiger partial charge >= 0.3 is 5.97 Å². The lowest BCUT2D eigenvalue weighted by atomic mass is 9.49. The van der Waals surface area contributed by atoms with Crippen molar-refractivity contribution in [1.82, 2.24) is 5.32 Å². The smallest absolute Gasteiger partial charge is 0.342 e. The summed E-state index contributed by atoms with van der Waals surface area (Å²) >= 11 is 0. The predicted octanol–water partition coefficient (Wildman–Crippen LogP) is 3.57. The zero-order chi connectivity index (χ0) is 18.9. The van der Waals surface area contributed by atoms with Gasteiger partial charge in [-0.05, 0) is 80.8 Å². The number of esters is 1. The molecule has 1 N–H and O–H groups in total. The molecule has 0 unspecified atom stereocenters. The minimum Gasteiger partial charge on any atom is -0.493 e. The van der Waals surface area contributed by atoms with E-state index in [1.807, 2.05) is 6.92 Å². The highest BCUT2D eigenvalue weighted by Gasteiger charge is 2.50. The van der Waals surface area contributed by atoms with Crippen molar-refractivity contribution < 1.29 is 19.1 Å². The third-order valence-electron chi connectivity index (χ3n) is 6.57. The van der Waals surface area contributed by atoms with Crippen molar-refractivity contribution in [2.75, 3.05) is 19.8 Å². The molecule has 5 heteroatoms. The van der Waals surface area contributed by atoms with Gasteiger partial charge in [0.05, 0.1) is 6.61 Å². The van der Waals surface area contributed by atoms with Crippen LogP contribution < -0.4 is 10.1 Å². The molecule has 5 rings (SSSR count). The summed E-state index contributed by atoms with van der Waals surface area (Å²) in [5, 5.41) is 3.04. The summed E-state index contributed by atoms with van der Waals surface area (Å²) in [5.41, 5.74) is 0.643. The second kappa shape index (κ2) is 7.53. The zero-order valence-electron chi connectivity index (χ0n) is 16.0. The monoisotopic (exact) mass is 371 g/mol. The van der Waals surface area contributed by atoms with Crippen molar-refractivity contribution in [3.05, 3.63) is 29.8 Å². The molecule has 4 aliphatic carbocycles. The minimum atomic E-state index is -0.524. The standard InChI is InChI=1S/C22H29NO4/c1-2-26-19-6-4-3-5-18(19)21(25)27-13-20(24)23-14-22-10-15-7-16(11-22)9-17(8-15)12-22/h3-6,15-17H,2,7-14H2,1H3,(H,23,24). The Labute approximate surface area is 160 Å². The van der Waals surface area contributed by atoms with E-state index in [1.54, 1.807) is 24.3 Å². The van der Waals surface area contributed by atoms with Gasteiger partial charge in [0.15, 0.2) is 6.61 Å². The molecular weight excluding hydrogens is 342 g/mol. The minimum absolute atomic E-state index is 0.215. The Kier molecular flexibility index (Phi) is 5.11. The van der Waals surface area contributed by atoms with Gasteiger partial charge in [0, 0.05) is 6.54 Å². The Hall–Kier alpha value is -2.04. The molecule has 0 aromatic heterocycles. The van der Waals surface area contributed by atoms with Crippen LogP contribution in [-0.2, 0) is 9.53 Å². The molecule has 146 valence electrons. The third kappa shape index (κ3) is 3.97. The zero-order valence-corrected chi connectivity index (χ0v) is 16.0. The number of nitrogens with one attached hydrogen (secondary N) is 1. The van der Waals surface area contributed by atoms with E-state index in [9.17, 15) is 9.59 Å². The van der Waals surface area contributed by atoms with E-state index in [-0.39, 0.29) is 17.9 Å². The number of hydrogen-bond acceptors (Lipinski definition) is 4. The highest BCUT2D eigenvalue weighted by atomic mass is 16.5. The van der Waals surface area contributed by atoms with Gasteiger partial charge in [-0.25, -0.2) is 4.79 Å². The summed E-state index contributed by atoms with van der Waals surface area (Å²) in [4.78, 5) is 24.6. The summed E-state index contributed by atoms with van der Waals surface area (Å²) in [6, 6.07) is 6.94. The SMILES string of the molecule is CCOc1ccccc1C(=O)OCC(=O)NCC12CC3CC(CC(C3)C1)C2. The number of amides is 1. The summed E-state index contributed by atoms with van der Waals surface area (Å²) in [6.07, 6.45) is 7.93. The van der Waals surface area contributed by atoms with Gasteiger partial charge in [0.2, 0.25) is 0 Å². The van der Waals surface area contributed by atoms with E-state index in [2.05, 4.69) is 5.32 Å². The number of hydrogen-bond donors (Lipinski definition) is 1. The van der Waals surface area contributed by atoms with Crippen LogP contribution in [-0.4, -0.2) is 31.6 Å². The topological polar surface area (TPSA) is 64.6 Å². The average Bonchev–Trinajstić information content (AvgIpc) is 2.64. The van der Waals surface area contributed by atoms with Crippen LogP contribution in [0.2, 0.25) is 0 Å². The van der Waals surface area contributed by atoms with Crippen molar-refractivity contribution in [3.8, 4) is 5.75 Å². The molecule has 0 aliphatic heterocycles. The number of carbonyl (C=O) groups is 2. The van der Waals surface area contributed by atoms with Crippen LogP contribution in [0, 0.1) is 23.2 Å². The van der Waals surface area contributed by atoms with Crippen LogP contribution >= 0.6 is 0 Å². The lowest BCUT2D eigenvalue weighted by molar-refractivity contribution is -0.126. The van der Waals surface area contributed by atoms with Gasteiger partial charge in [-0.1, -0.05) is 12.1 Å². The molecule has 0 spiro atoms. The molecule has 4 bridgehead atoms. The molecule has 1 amide bonds. The summed E-state index contributed by atoms with van der Waals surface area (Å²) in [5.74, 6) is 2.33. The van der Waals surface area contributed by atoms with Gasteiger partial charge in [0.25, 0.3) is 5.91 Å². The fraction of sp³-hybridized carbons (Fsp3) is 0.636. The predicted molar refractivity (Wildman–Crippen MR) is 102 cm³/mol. The Bertz CT molecular complexity index is 679. The van der Waals surface area contributed by atoms with Gasteiger partial charge in [-0.3, -0.25) is 4.79 Å². The van der Waals surface area contributed by atoms with Crippen LogP contribution in [0.1, 0.15) is 55.8 Å². The molecular formula is C22H29NO4. The summed E-state index contributed by atoms with van der Waals surface area (Å²) in [7, 11) is 0. The molecule has 0 saturated heterocycles. The Morgan fingerprint density at radius 2 is 1.70 bits per heavy atom. The molecule has 1 aromatic carbocycles. The number of carbonyl (C=O) groups excluding carboxylic acids is 2. The molecule has 0 atom stereocenters. The molecule has 0 radical (unpaired) electrons. The number of rotatable bonds is 7. The van der Waals surface area contributed by atoms with Gasteiger partial charge < -0.3 is 14.8 Å². The van der Waals surface area contributed by atoms with Crippen LogP contribution in [0.3, 0.4) is 0 Å². The Balaban J connectivity index is 1.27. The van der Waals surface area contributed by atoms with E-state index in [1.165, 1.54) is 38.5 Å². The van der Waals surface area contributed by atoms with Crippen molar-refractivity contribution in [2.45, 2.75) is 45.4 Å². The summed E-state index contributed by atoms with van der Waals surface area (Å²) in [6.45, 7) is 2.81. The molecule has 27 heavy (non-hydrogen) atoms. The number of para-hydroxylation sites is 1. The maximum Gasteiger partial charge on any atom is 0.342 e. The second-order valence-corrected chi connectivity index (χ2v) is 8.70. The lowest BCUT2D eigenvalue weighted by Crippen LogP contribution is -2.51. The van der Waals surface area contributed by atoms with E-state index in [0.29, 0.717) is 17.9 Å². The fourth-order valence-corrected chi connectivity index (χ4v) is 5.97. The van der Waals surface area contributed by atoms with Crippen LogP contribution in [0.5, 0.6) is 5.75 Å². The highest BCUT2D eigenvalue weighted by molar-refractivity contribution is 5.93. The van der Waals surface area contributed by atoms with Crippen molar-refractivity contribution >= 4 is 11.9 Å². The lowest BCUT2D eigenvalue weighted by Gasteiger charge is -2.56. The molecule has 4 aliphatic rings. The Morgan fingerprint density at radius 3 is 2.33 bits per heavy atom. The number of ether oxygens (including phenoxy) is 2. The first-order valence-corrected chi connectivity index (χ1v) is 10.2. The van der Waals surface area contributed by atoms with Crippen molar-refractivity contribution in [3.63, 3.8) is 0 Å². The molecule has 5 nitrogen and oxygen atoms in total. The maximum atomic E-state index is 12.3. The first kappa shape index (κ1) is 18.3. The van der Waals surface area contributed by atoms with Crippen molar-refractivity contribution in [2.24, 2.45) is 23.2 Å². The average molecular weight is 371 g/mol. The number of benzene rings is 1. The van der Waals surface area contributed by atoms with Gasteiger partial charge in [-0.2, -0.15) is 0 Å². The fourth-order valence-electron chi connectivity index (χ4n) is 5.97. The van der Waals surface area contributed by atoms with E-state index in [0.717, 1.165) is 24.3 Å². The second-order valence-electron chi connectivity index (χ2n) is 8.70. The normalized spacial score (nSPS) is 30.8.